The summed E-state index contributed by atoms with van der Waals surface area (Å²) in [7, 11) is 3.32. The maximum absolute atomic E-state index is 11.5. The van der Waals surface area contributed by atoms with Crippen LogP contribution in [0.15, 0.2) is 12.4 Å². The Morgan fingerprint density at radius 1 is 1.50 bits per heavy atom. The summed E-state index contributed by atoms with van der Waals surface area (Å²) in [5.41, 5.74) is 0. The molecular formula is C11H17IN4O2. The van der Waals surface area contributed by atoms with E-state index in [1.165, 1.54) is 4.90 Å². The molecule has 6 nitrogen and oxygen atoms in total. The van der Waals surface area contributed by atoms with E-state index in [4.69, 9.17) is 0 Å². The quantitative estimate of drug-likeness (QED) is 0.747. The number of halogens is 1. The molecule has 0 radical (unpaired) electrons. The molecule has 1 aromatic heterocycles. The molecule has 0 atom stereocenters. The molecule has 0 aromatic carbocycles. The fourth-order valence-corrected chi connectivity index (χ4v) is 1.73. The normalized spacial score (nSPS) is 10.2. The van der Waals surface area contributed by atoms with Gasteiger partial charge in [0.1, 0.15) is 0 Å². The number of hydrogen-bond donors (Lipinski definition) is 1. The van der Waals surface area contributed by atoms with Crippen molar-refractivity contribution in [2.75, 3.05) is 20.6 Å². The lowest BCUT2D eigenvalue weighted by atomic mass is 10.3. The zero-order chi connectivity index (χ0) is 13.5. The standard InChI is InChI=1S/C11H17IN4O2/c1-15(2)11(18)7-13-10(17)4-3-5-16-8-9(12)6-14-16/h6,8H,3-5,7H2,1-2H3,(H,13,17). The molecule has 1 rings (SSSR count). The van der Waals surface area contributed by atoms with Gasteiger partial charge in [-0.3, -0.25) is 14.3 Å². The van der Waals surface area contributed by atoms with Crippen LogP contribution in [0, 0.1) is 3.57 Å². The Balaban J connectivity index is 2.16. The summed E-state index contributed by atoms with van der Waals surface area (Å²) in [6.07, 6.45) is 4.81. The second-order valence-corrected chi connectivity index (χ2v) is 5.34. The van der Waals surface area contributed by atoms with Crippen molar-refractivity contribution in [1.29, 1.82) is 0 Å². The first kappa shape index (κ1) is 14.9. The van der Waals surface area contributed by atoms with Gasteiger partial charge in [0.15, 0.2) is 0 Å². The Kier molecular flexibility index (Phi) is 6.10. The molecular weight excluding hydrogens is 347 g/mol. The predicted molar refractivity (Wildman–Crippen MR) is 75.9 cm³/mol. The van der Waals surface area contributed by atoms with Crippen molar-refractivity contribution in [2.24, 2.45) is 0 Å². The molecule has 2 amide bonds. The van der Waals surface area contributed by atoms with Gasteiger partial charge in [-0.15, -0.1) is 0 Å². The van der Waals surface area contributed by atoms with Crippen LogP contribution in [0.3, 0.4) is 0 Å². The zero-order valence-corrected chi connectivity index (χ0v) is 12.7. The molecule has 100 valence electrons. The number of amides is 2. The molecule has 0 saturated carbocycles. The van der Waals surface area contributed by atoms with Crippen molar-refractivity contribution >= 4 is 34.4 Å². The van der Waals surface area contributed by atoms with Crippen LogP contribution in [0.25, 0.3) is 0 Å². The smallest absolute Gasteiger partial charge is 0.241 e. The van der Waals surface area contributed by atoms with E-state index in [-0.39, 0.29) is 18.4 Å². The number of nitrogens with one attached hydrogen (secondary N) is 1. The third-order valence-electron chi connectivity index (χ3n) is 2.33. The summed E-state index contributed by atoms with van der Waals surface area (Å²) < 4.78 is 2.88. The third-order valence-corrected chi connectivity index (χ3v) is 2.89. The highest BCUT2D eigenvalue weighted by Gasteiger charge is 2.06. The van der Waals surface area contributed by atoms with Gasteiger partial charge in [-0.2, -0.15) is 5.10 Å². The van der Waals surface area contributed by atoms with E-state index in [9.17, 15) is 9.59 Å². The van der Waals surface area contributed by atoms with Crippen molar-refractivity contribution in [3.63, 3.8) is 0 Å². The van der Waals surface area contributed by atoms with Crippen molar-refractivity contribution in [3.8, 4) is 0 Å². The summed E-state index contributed by atoms with van der Waals surface area (Å²) in [5, 5.41) is 6.72. The molecule has 7 heteroatoms. The average Bonchev–Trinajstić information content (AvgIpc) is 2.71. The topological polar surface area (TPSA) is 67.2 Å². The second kappa shape index (κ2) is 7.34. The summed E-state index contributed by atoms with van der Waals surface area (Å²) in [6, 6.07) is 0. The summed E-state index contributed by atoms with van der Waals surface area (Å²) in [6.45, 7) is 0.767. The molecule has 0 aliphatic carbocycles. The molecule has 1 heterocycles. The Morgan fingerprint density at radius 3 is 2.78 bits per heavy atom. The minimum Gasteiger partial charge on any atom is -0.347 e. The van der Waals surface area contributed by atoms with Gasteiger partial charge in [-0.25, -0.2) is 0 Å². The van der Waals surface area contributed by atoms with Crippen LogP contribution < -0.4 is 5.32 Å². The first-order chi connectivity index (χ1) is 8.49. The SMILES string of the molecule is CN(C)C(=O)CNC(=O)CCCn1cc(I)cn1. The van der Waals surface area contributed by atoms with E-state index in [0.717, 1.165) is 3.57 Å². The number of nitrogens with zero attached hydrogens (tertiary/aromatic N) is 3. The van der Waals surface area contributed by atoms with Crippen LogP contribution >= 0.6 is 22.6 Å². The van der Waals surface area contributed by atoms with Gasteiger partial charge in [0.2, 0.25) is 11.8 Å². The van der Waals surface area contributed by atoms with Gasteiger partial charge in [-0.05, 0) is 29.0 Å². The lowest BCUT2D eigenvalue weighted by Crippen LogP contribution is -2.36. The Morgan fingerprint density at radius 2 is 2.22 bits per heavy atom. The van der Waals surface area contributed by atoms with Gasteiger partial charge in [0.05, 0.1) is 16.3 Å². The molecule has 0 bridgehead atoms. The number of rotatable bonds is 6. The maximum atomic E-state index is 11.5. The highest BCUT2D eigenvalue weighted by atomic mass is 127. The van der Waals surface area contributed by atoms with Crippen molar-refractivity contribution < 1.29 is 9.59 Å². The average molecular weight is 364 g/mol. The number of likely N-dealkylation sites (N-methyl/N-ethyl adjacent to an activating group) is 1. The van der Waals surface area contributed by atoms with Crippen LogP contribution in [-0.4, -0.2) is 47.1 Å². The molecule has 0 spiro atoms. The molecule has 0 aliphatic heterocycles. The molecule has 0 aliphatic rings. The minimum absolute atomic E-state index is 0.0610. The van der Waals surface area contributed by atoms with Gasteiger partial charge < -0.3 is 10.2 Å². The van der Waals surface area contributed by atoms with Crippen molar-refractivity contribution in [2.45, 2.75) is 19.4 Å². The van der Waals surface area contributed by atoms with E-state index < -0.39 is 0 Å². The zero-order valence-electron chi connectivity index (χ0n) is 10.5. The molecule has 0 saturated heterocycles. The number of aromatic nitrogens is 2. The molecule has 0 fully saturated rings. The molecule has 1 N–H and O–H groups in total. The summed E-state index contributed by atoms with van der Waals surface area (Å²) in [4.78, 5) is 24.1. The minimum atomic E-state index is -0.107. The van der Waals surface area contributed by atoms with Gasteiger partial charge in [0.25, 0.3) is 0 Å². The lowest BCUT2D eigenvalue weighted by Gasteiger charge is -2.10. The van der Waals surface area contributed by atoms with E-state index in [1.54, 1.807) is 25.0 Å². The first-order valence-electron chi connectivity index (χ1n) is 5.64. The molecule has 1 aromatic rings. The number of carbonyl (C=O) groups excluding carboxylic acids is 2. The molecule has 0 unspecified atom stereocenters. The Labute approximate surface area is 120 Å². The fraction of sp³-hybridized carbons (Fsp3) is 0.545. The van der Waals surface area contributed by atoms with Crippen LogP contribution in [0.1, 0.15) is 12.8 Å². The molecule has 18 heavy (non-hydrogen) atoms. The maximum Gasteiger partial charge on any atom is 0.241 e. The largest absolute Gasteiger partial charge is 0.347 e. The van der Waals surface area contributed by atoms with E-state index in [1.807, 2.05) is 6.20 Å². The van der Waals surface area contributed by atoms with Gasteiger partial charge >= 0.3 is 0 Å². The summed E-state index contributed by atoms with van der Waals surface area (Å²) >= 11 is 2.19. The monoisotopic (exact) mass is 364 g/mol. The van der Waals surface area contributed by atoms with E-state index in [0.29, 0.717) is 19.4 Å². The predicted octanol–water partition coefficient (Wildman–Crippen LogP) is 0.472. The second-order valence-electron chi connectivity index (χ2n) is 4.09. The Hall–Kier alpha value is -1.12. The van der Waals surface area contributed by atoms with Gasteiger partial charge in [-0.1, -0.05) is 0 Å². The van der Waals surface area contributed by atoms with E-state index in [2.05, 4.69) is 33.0 Å². The third kappa shape index (κ3) is 5.48. The van der Waals surface area contributed by atoms with Crippen LogP contribution in [-0.2, 0) is 16.1 Å². The fourth-order valence-electron chi connectivity index (χ4n) is 1.28. The lowest BCUT2D eigenvalue weighted by molar-refractivity contribution is -0.130. The van der Waals surface area contributed by atoms with Crippen LogP contribution in [0.5, 0.6) is 0 Å². The highest BCUT2D eigenvalue weighted by Crippen LogP contribution is 2.02. The highest BCUT2D eigenvalue weighted by molar-refractivity contribution is 14.1. The number of hydrogen-bond acceptors (Lipinski definition) is 3. The Bertz CT molecular complexity index is 417. The number of aryl methyl sites for hydroxylation is 1. The van der Waals surface area contributed by atoms with Crippen molar-refractivity contribution in [1.82, 2.24) is 20.0 Å². The number of carbonyl (C=O) groups is 2. The van der Waals surface area contributed by atoms with Crippen molar-refractivity contribution in [3.05, 3.63) is 16.0 Å². The van der Waals surface area contributed by atoms with E-state index >= 15 is 0 Å². The first-order valence-corrected chi connectivity index (χ1v) is 6.71. The summed E-state index contributed by atoms with van der Waals surface area (Å²) in [5.74, 6) is -0.211. The van der Waals surface area contributed by atoms with Crippen LogP contribution in [0.4, 0.5) is 0 Å². The van der Waals surface area contributed by atoms with Gasteiger partial charge in [0, 0.05) is 33.3 Å². The van der Waals surface area contributed by atoms with Crippen LogP contribution in [0.2, 0.25) is 0 Å².